The molecule has 2 aromatic rings. The molecule has 0 radical (unpaired) electrons. The number of benzene rings is 1. The van der Waals surface area contributed by atoms with E-state index in [1.54, 1.807) is 11.3 Å². The van der Waals surface area contributed by atoms with Gasteiger partial charge in [-0.2, -0.15) is 0 Å². The van der Waals surface area contributed by atoms with Crippen molar-refractivity contribution in [2.24, 2.45) is 0 Å². The SMILES string of the molecule is S=C(NCCCN1CCOCC1)N1CCC[C@H]1c1nc2ccccc2s1. The van der Waals surface area contributed by atoms with Gasteiger partial charge in [-0.3, -0.25) is 4.90 Å². The smallest absolute Gasteiger partial charge is 0.169 e. The normalized spacial score (nSPS) is 21.4. The third-order valence-corrected chi connectivity index (χ3v) is 6.66. The minimum atomic E-state index is 0.326. The van der Waals surface area contributed by atoms with Gasteiger partial charge in [0, 0.05) is 26.2 Å². The summed E-state index contributed by atoms with van der Waals surface area (Å²) in [4.78, 5) is 9.66. The van der Waals surface area contributed by atoms with Crippen molar-refractivity contribution in [1.82, 2.24) is 20.1 Å². The van der Waals surface area contributed by atoms with Crippen LogP contribution in [0.25, 0.3) is 10.2 Å². The quantitative estimate of drug-likeness (QED) is 0.625. The molecule has 5 nitrogen and oxygen atoms in total. The Hall–Kier alpha value is -1.28. The first kappa shape index (κ1) is 18.1. The highest BCUT2D eigenvalue weighted by atomic mass is 32.1. The van der Waals surface area contributed by atoms with Crippen LogP contribution in [0.2, 0.25) is 0 Å². The number of nitrogens with one attached hydrogen (secondary N) is 1. The fourth-order valence-electron chi connectivity index (χ4n) is 3.72. The molecule has 1 aromatic heterocycles. The number of para-hydroxylation sites is 1. The van der Waals surface area contributed by atoms with Crippen LogP contribution in [0, 0.1) is 0 Å². The molecule has 1 aromatic carbocycles. The van der Waals surface area contributed by atoms with Crippen LogP contribution < -0.4 is 5.32 Å². The monoisotopic (exact) mass is 390 g/mol. The van der Waals surface area contributed by atoms with E-state index >= 15 is 0 Å². The molecule has 1 N–H and O–H groups in total. The molecule has 0 spiro atoms. The maximum absolute atomic E-state index is 5.70. The Morgan fingerprint density at radius 1 is 1.27 bits per heavy atom. The number of thiazole rings is 1. The van der Waals surface area contributed by atoms with E-state index in [2.05, 4.69) is 39.4 Å². The molecule has 0 saturated carbocycles. The molecule has 2 saturated heterocycles. The summed E-state index contributed by atoms with van der Waals surface area (Å²) in [5.41, 5.74) is 1.10. The lowest BCUT2D eigenvalue weighted by molar-refractivity contribution is 0.0376. The number of likely N-dealkylation sites (tertiary alicyclic amines) is 1. The van der Waals surface area contributed by atoms with E-state index in [0.29, 0.717) is 6.04 Å². The predicted octanol–water partition coefficient (Wildman–Crippen LogP) is 3.03. The van der Waals surface area contributed by atoms with Crippen LogP contribution in [0.15, 0.2) is 24.3 Å². The molecule has 3 heterocycles. The van der Waals surface area contributed by atoms with Gasteiger partial charge in [0.15, 0.2) is 5.11 Å². The summed E-state index contributed by atoms with van der Waals surface area (Å²) in [5, 5.41) is 5.55. The van der Waals surface area contributed by atoms with E-state index < -0.39 is 0 Å². The molecule has 2 aliphatic heterocycles. The van der Waals surface area contributed by atoms with Crippen molar-refractivity contribution < 1.29 is 4.74 Å². The van der Waals surface area contributed by atoms with Crippen molar-refractivity contribution >= 4 is 38.9 Å². The molecule has 2 fully saturated rings. The lowest BCUT2D eigenvalue weighted by Crippen LogP contribution is -2.41. The number of aromatic nitrogens is 1. The van der Waals surface area contributed by atoms with Crippen LogP contribution in [0.5, 0.6) is 0 Å². The Balaban J connectivity index is 1.30. The molecule has 2 aliphatic rings. The first-order valence-corrected chi connectivity index (χ1v) is 10.7. The van der Waals surface area contributed by atoms with Gasteiger partial charge in [0.25, 0.3) is 0 Å². The number of fused-ring (bicyclic) bond motifs is 1. The minimum Gasteiger partial charge on any atom is -0.379 e. The number of hydrogen-bond acceptors (Lipinski definition) is 5. The van der Waals surface area contributed by atoms with E-state index in [0.717, 1.165) is 69.4 Å². The van der Waals surface area contributed by atoms with Crippen molar-refractivity contribution in [1.29, 1.82) is 0 Å². The van der Waals surface area contributed by atoms with Crippen molar-refractivity contribution in [2.75, 3.05) is 45.9 Å². The Labute approximate surface area is 164 Å². The van der Waals surface area contributed by atoms with Crippen LogP contribution in [0.1, 0.15) is 30.3 Å². The maximum Gasteiger partial charge on any atom is 0.169 e. The zero-order valence-electron chi connectivity index (χ0n) is 15.0. The third-order valence-electron chi connectivity index (χ3n) is 5.14. The fraction of sp³-hybridized carbons (Fsp3) is 0.579. The molecule has 26 heavy (non-hydrogen) atoms. The number of thiocarbonyl (C=S) groups is 1. The van der Waals surface area contributed by atoms with Gasteiger partial charge in [0.2, 0.25) is 0 Å². The van der Waals surface area contributed by atoms with Crippen LogP contribution in [0.3, 0.4) is 0 Å². The number of ether oxygens (including phenoxy) is 1. The Morgan fingerprint density at radius 3 is 2.96 bits per heavy atom. The topological polar surface area (TPSA) is 40.6 Å². The second-order valence-electron chi connectivity index (χ2n) is 6.91. The van der Waals surface area contributed by atoms with E-state index in [1.807, 2.05) is 0 Å². The van der Waals surface area contributed by atoms with Crippen molar-refractivity contribution in [3.05, 3.63) is 29.3 Å². The summed E-state index contributed by atoms with van der Waals surface area (Å²) in [5.74, 6) is 0. The summed E-state index contributed by atoms with van der Waals surface area (Å²) in [6, 6.07) is 8.71. The first-order chi connectivity index (χ1) is 12.8. The third kappa shape index (κ3) is 4.17. The number of morpholine rings is 1. The van der Waals surface area contributed by atoms with Crippen LogP contribution in [-0.4, -0.2) is 65.8 Å². The summed E-state index contributed by atoms with van der Waals surface area (Å²) >= 11 is 7.50. The molecule has 0 aliphatic carbocycles. The number of hydrogen-bond donors (Lipinski definition) is 1. The largest absolute Gasteiger partial charge is 0.379 e. The van der Waals surface area contributed by atoms with Gasteiger partial charge in [-0.1, -0.05) is 12.1 Å². The van der Waals surface area contributed by atoms with E-state index in [4.69, 9.17) is 21.9 Å². The van der Waals surface area contributed by atoms with E-state index in [-0.39, 0.29) is 0 Å². The molecular weight excluding hydrogens is 364 g/mol. The van der Waals surface area contributed by atoms with Gasteiger partial charge >= 0.3 is 0 Å². The fourth-order valence-corrected chi connectivity index (χ4v) is 5.16. The van der Waals surface area contributed by atoms with Crippen molar-refractivity contribution in [2.45, 2.75) is 25.3 Å². The van der Waals surface area contributed by atoms with Gasteiger partial charge in [0.1, 0.15) is 5.01 Å². The summed E-state index contributed by atoms with van der Waals surface area (Å²) in [6.45, 7) is 6.90. The highest BCUT2D eigenvalue weighted by Crippen LogP contribution is 2.36. The highest BCUT2D eigenvalue weighted by Gasteiger charge is 2.30. The lowest BCUT2D eigenvalue weighted by atomic mass is 10.2. The molecule has 7 heteroatoms. The van der Waals surface area contributed by atoms with Crippen LogP contribution in [-0.2, 0) is 4.74 Å². The molecular formula is C19H26N4OS2. The van der Waals surface area contributed by atoms with Crippen LogP contribution in [0.4, 0.5) is 0 Å². The average Bonchev–Trinajstić information content (AvgIpc) is 3.32. The number of nitrogens with zero attached hydrogens (tertiary/aromatic N) is 3. The zero-order valence-corrected chi connectivity index (χ0v) is 16.7. The predicted molar refractivity (Wildman–Crippen MR) is 111 cm³/mol. The van der Waals surface area contributed by atoms with Crippen LogP contribution >= 0.6 is 23.6 Å². The Bertz CT molecular complexity index is 711. The zero-order chi connectivity index (χ0) is 17.8. The second-order valence-corrected chi connectivity index (χ2v) is 8.36. The number of rotatable bonds is 5. The van der Waals surface area contributed by atoms with Gasteiger partial charge in [-0.05, 0) is 50.2 Å². The van der Waals surface area contributed by atoms with Crippen molar-refractivity contribution in [3.8, 4) is 0 Å². The summed E-state index contributed by atoms with van der Waals surface area (Å²) in [6.07, 6.45) is 3.42. The molecule has 140 valence electrons. The minimum absolute atomic E-state index is 0.326. The molecule has 1 atom stereocenters. The molecule has 4 rings (SSSR count). The summed E-state index contributed by atoms with van der Waals surface area (Å²) in [7, 11) is 0. The van der Waals surface area contributed by atoms with E-state index in [1.165, 1.54) is 16.1 Å². The lowest BCUT2D eigenvalue weighted by Gasteiger charge is -2.28. The maximum atomic E-state index is 5.70. The van der Waals surface area contributed by atoms with Gasteiger partial charge in [0.05, 0.1) is 29.5 Å². The highest BCUT2D eigenvalue weighted by molar-refractivity contribution is 7.80. The molecule has 0 unspecified atom stereocenters. The van der Waals surface area contributed by atoms with E-state index in [9.17, 15) is 0 Å². The summed E-state index contributed by atoms with van der Waals surface area (Å²) < 4.78 is 6.66. The van der Waals surface area contributed by atoms with Gasteiger partial charge in [-0.15, -0.1) is 11.3 Å². The average molecular weight is 391 g/mol. The van der Waals surface area contributed by atoms with Crippen molar-refractivity contribution in [3.63, 3.8) is 0 Å². The van der Waals surface area contributed by atoms with Gasteiger partial charge in [-0.25, -0.2) is 4.98 Å². The first-order valence-electron chi connectivity index (χ1n) is 9.51. The second kappa shape index (κ2) is 8.61. The Morgan fingerprint density at radius 2 is 2.12 bits per heavy atom. The Kier molecular flexibility index (Phi) is 5.99. The molecule has 0 bridgehead atoms. The standard InChI is InChI=1S/C19H26N4OS2/c25-19(20-8-4-9-22-11-13-24-14-12-22)23-10-3-6-16(23)18-21-15-5-1-2-7-17(15)26-18/h1-2,5,7,16H,3-4,6,8-14H2,(H,20,25)/t16-/m0/s1. The van der Waals surface area contributed by atoms with Gasteiger partial charge < -0.3 is 15.0 Å². The molecule has 0 amide bonds.